The lowest BCUT2D eigenvalue weighted by atomic mass is 9.78. The van der Waals surface area contributed by atoms with E-state index in [0.29, 0.717) is 29.5 Å². The van der Waals surface area contributed by atoms with Gasteiger partial charge < -0.3 is 19.4 Å². The van der Waals surface area contributed by atoms with Gasteiger partial charge in [0.1, 0.15) is 11.4 Å². The summed E-state index contributed by atoms with van der Waals surface area (Å²) in [6, 6.07) is 0. The molecule has 0 radical (unpaired) electrons. The summed E-state index contributed by atoms with van der Waals surface area (Å²) >= 11 is 0. The van der Waals surface area contributed by atoms with Crippen LogP contribution in [0.4, 0.5) is 4.39 Å². The number of nitrogens with one attached hydrogen (secondary N) is 1. The molecule has 1 aromatic heterocycles. The summed E-state index contributed by atoms with van der Waals surface area (Å²) in [5.41, 5.74) is 0.951. The molecular formula is C17H23BFNO4. The van der Waals surface area contributed by atoms with Crippen LogP contribution in [0, 0.1) is 6.92 Å². The van der Waals surface area contributed by atoms with Crippen LogP contribution in [0.5, 0.6) is 0 Å². The number of H-pyrrole nitrogens is 1. The van der Waals surface area contributed by atoms with Gasteiger partial charge in [0.05, 0.1) is 11.2 Å². The number of carboxylic acid groups (broad SMARTS) is 1. The number of halogens is 1. The van der Waals surface area contributed by atoms with Gasteiger partial charge in [0.25, 0.3) is 0 Å². The first-order chi connectivity index (χ1) is 11.0. The molecule has 2 heterocycles. The van der Waals surface area contributed by atoms with Crippen LogP contribution in [0.1, 0.15) is 67.8 Å². The number of carboxylic acids is 1. The molecule has 1 saturated heterocycles. The summed E-state index contributed by atoms with van der Waals surface area (Å²) in [5.74, 6) is -1.03. The summed E-state index contributed by atoms with van der Waals surface area (Å²) in [4.78, 5) is 14.3. The first-order valence-electron chi connectivity index (χ1n) is 8.24. The first kappa shape index (κ1) is 17.2. The second kappa shape index (κ2) is 5.46. The van der Waals surface area contributed by atoms with Gasteiger partial charge in [-0.05, 0) is 65.0 Å². The van der Waals surface area contributed by atoms with Crippen molar-refractivity contribution in [1.29, 1.82) is 0 Å². The molecular weight excluding hydrogens is 312 g/mol. The highest BCUT2D eigenvalue weighted by Gasteiger charge is 2.53. The van der Waals surface area contributed by atoms with Crippen LogP contribution in [-0.4, -0.2) is 34.4 Å². The van der Waals surface area contributed by atoms with Crippen molar-refractivity contribution in [1.82, 2.24) is 4.98 Å². The molecule has 0 amide bonds. The van der Waals surface area contributed by atoms with E-state index in [2.05, 4.69) is 4.98 Å². The van der Waals surface area contributed by atoms with Crippen molar-refractivity contribution in [2.24, 2.45) is 0 Å². The third-order valence-corrected chi connectivity index (χ3v) is 5.45. The number of aromatic carboxylic acids is 1. The van der Waals surface area contributed by atoms with E-state index >= 15 is 4.39 Å². The number of aromatic amines is 1. The molecule has 130 valence electrons. The van der Waals surface area contributed by atoms with Crippen molar-refractivity contribution in [3.63, 3.8) is 0 Å². The molecule has 0 saturated carbocycles. The predicted octanol–water partition coefficient (Wildman–Crippen LogP) is 3.67. The van der Waals surface area contributed by atoms with Crippen molar-refractivity contribution < 1.29 is 23.6 Å². The van der Waals surface area contributed by atoms with Gasteiger partial charge in [0.15, 0.2) is 0 Å². The second-order valence-corrected chi connectivity index (χ2v) is 7.55. The Bertz CT molecular complexity index is 719. The lowest BCUT2D eigenvalue weighted by Crippen LogP contribution is -2.41. The molecule has 2 N–H and O–H groups in total. The monoisotopic (exact) mass is 335 g/mol. The SMILES string of the molecule is Cc1c(C(=O)O)[nH]c2c1C(=C(F)B1OC(C)(C)C(C)(C)O1)CCC2. The average molecular weight is 335 g/mol. The fraction of sp³-hybridized carbons (Fsp3) is 0.588. The molecule has 24 heavy (non-hydrogen) atoms. The molecule has 3 rings (SSSR count). The normalized spacial score (nSPS) is 24.0. The number of hydrogen-bond acceptors (Lipinski definition) is 3. The van der Waals surface area contributed by atoms with Gasteiger partial charge in [-0.2, -0.15) is 0 Å². The van der Waals surface area contributed by atoms with E-state index in [1.165, 1.54) is 0 Å². The Kier molecular flexibility index (Phi) is 3.92. The minimum atomic E-state index is -1.06. The van der Waals surface area contributed by atoms with E-state index in [0.717, 1.165) is 12.1 Å². The molecule has 5 nitrogen and oxygen atoms in total. The van der Waals surface area contributed by atoms with Crippen molar-refractivity contribution in [3.8, 4) is 0 Å². The molecule has 7 heteroatoms. The largest absolute Gasteiger partial charge is 0.525 e. The van der Waals surface area contributed by atoms with Crippen LogP contribution in [0.3, 0.4) is 0 Å². The second-order valence-electron chi connectivity index (χ2n) is 7.55. The van der Waals surface area contributed by atoms with E-state index in [9.17, 15) is 9.90 Å². The zero-order valence-corrected chi connectivity index (χ0v) is 14.7. The lowest BCUT2D eigenvalue weighted by molar-refractivity contribution is 0.00578. The number of fused-ring (bicyclic) bond motifs is 1. The zero-order chi connectivity index (χ0) is 17.9. The van der Waals surface area contributed by atoms with Gasteiger partial charge in [-0.3, -0.25) is 0 Å². The maximum Gasteiger partial charge on any atom is 0.525 e. The number of aromatic nitrogens is 1. The molecule has 1 aromatic rings. The molecule has 1 aliphatic heterocycles. The van der Waals surface area contributed by atoms with Crippen LogP contribution in [-0.2, 0) is 15.7 Å². The van der Waals surface area contributed by atoms with Gasteiger partial charge in [-0.15, -0.1) is 0 Å². The van der Waals surface area contributed by atoms with E-state index in [4.69, 9.17) is 9.31 Å². The molecule has 0 atom stereocenters. The molecule has 1 fully saturated rings. The summed E-state index contributed by atoms with van der Waals surface area (Å²) in [6.07, 6.45) is 2.01. The van der Waals surface area contributed by atoms with Crippen molar-refractivity contribution in [2.75, 3.05) is 0 Å². The van der Waals surface area contributed by atoms with E-state index in [1.54, 1.807) is 6.92 Å². The van der Waals surface area contributed by atoms with E-state index < -0.39 is 30.0 Å². The van der Waals surface area contributed by atoms with Crippen LogP contribution >= 0.6 is 0 Å². The smallest absolute Gasteiger partial charge is 0.477 e. The summed E-state index contributed by atoms with van der Waals surface area (Å²) < 4.78 is 26.8. The van der Waals surface area contributed by atoms with Crippen molar-refractivity contribution in [3.05, 3.63) is 28.2 Å². The Morgan fingerprint density at radius 2 is 1.79 bits per heavy atom. The Morgan fingerprint density at radius 3 is 2.33 bits per heavy atom. The van der Waals surface area contributed by atoms with Gasteiger partial charge in [-0.25, -0.2) is 9.18 Å². The highest BCUT2D eigenvalue weighted by Crippen LogP contribution is 2.43. The Morgan fingerprint density at radius 1 is 1.21 bits per heavy atom. The number of rotatable bonds is 2. The van der Waals surface area contributed by atoms with Gasteiger partial charge >= 0.3 is 13.1 Å². The highest BCUT2D eigenvalue weighted by molar-refractivity contribution is 6.55. The third kappa shape index (κ3) is 2.50. The van der Waals surface area contributed by atoms with Crippen molar-refractivity contribution in [2.45, 2.75) is 65.1 Å². The predicted molar refractivity (Wildman–Crippen MR) is 89.5 cm³/mol. The molecule has 0 aromatic carbocycles. The maximum atomic E-state index is 15.2. The van der Waals surface area contributed by atoms with Gasteiger partial charge in [0.2, 0.25) is 0 Å². The maximum absolute atomic E-state index is 15.2. The average Bonchev–Trinajstić information content (AvgIpc) is 2.93. The Labute approximate surface area is 141 Å². The minimum absolute atomic E-state index is 0.126. The zero-order valence-electron chi connectivity index (χ0n) is 14.7. The summed E-state index contributed by atoms with van der Waals surface area (Å²) in [6.45, 7) is 9.22. The number of aryl methyl sites for hydroxylation is 1. The lowest BCUT2D eigenvalue weighted by Gasteiger charge is -2.32. The summed E-state index contributed by atoms with van der Waals surface area (Å²) in [7, 11) is -1.06. The quantitative estimate of drug-likeness (QED) is 0.809. The standard InChI is InChI=1S/C17H23BFNO4/c1-9-12-10(7-6-8-11(12)20-13(9)15(21)22)14(19)18-23-16(2,3)17(4,5)24-18/h20H,6-8H2,1-5H3,(H,21,22). The fourth-order valence-electron chi connectivity index (χ4n) is 3.36. The first-order valence-corrected chi connectivity index (χ1v) is 8.24. The van der Waals surface area contributed by atoms with Crippen LogP contribution in [0.2, 0.25) is 0 Å². The molecule has 0 bridgehead atoms. The Balaban J connectivity index is 2.05. The van der Waals surface area contributed by atoms with Gasteiger partial charge in [-0.1, -0.05) is 0 Å². The summed E-state index contributed by atoms with van der Waals surface area (Å²) in [5, 5.41) is 9.30. The third-order valence-electron chi connectivity index (χ3n) is 5.45. The fourth-order valence-corrected chi connectivity index (χ4v) is 3.36. The molecule has 0 unspecified atom stereocenters. The molecule has 0 spiro atoms. The number of allylic oxidation sites excluding steroid dienone is 1. The molecule has 1 aliphatic carbocycles. The Hall–Kier alpha value is -1.60. The molecule has 2 aliphatic rings. The van der Waals surface area contributed by atoms with Gasteiger partial charge in [0, 0.05) is 11.3 Å². The highest BCUT2D eigenvalue weighted by atomic mass is 19.1. The number of carbonyl (C=O) groups is 1. The minimum Gasteiger partial charge on any atom is -0.477 e. The van der Waals surface area contributed by atoms with E-state index in [1.807, 2.05) is 27.7 Å². The number of hydrogen-bond donors (Lipinski definition) is 2. The van der Waals surface area contributed by atoms with Crippen LogP contribution in [0.25, 0.3) is 5.57 Å². The van der Waals surface area contributed by atoms with E-state index in [-0.39, 0.29) is 5.69 Å². The van der Waals surface area contributed by atoms with Crippen LogP contribution < -0.4 is 0 Å². The van der Waals surface area contributed by atoms with Crippen molar-refractivity contribution >= 4 is 18.7 Å². The van der Waals surface area contributed by atoms with Crippen LogP contribution in [0.15, 0.2) is 5.73 Å². The topological polar surface area (TPSA) is 71.5 Å².